The van der Waals surface area contributed by atoms with Crippen molar-refractivity contribution in [2.24, 2.45) is 11.8 Å². The summed E-state index contributed by atoms with van der Waals surface area (Å²) in [5.74, 6) is 1.63. The molecule has 0 atom stereocenters. The van der Waals surface area contributed by atoms with Crippen molar-refractivity contribution >= 4 is 57.3 Å². The molecule has 1 aromatic carbocycles. The summed E-state index contributed by atoms with van der Waals surface area (Å²) in [4.78, 5) is 40.4. The van der Waals surface area contributed by atoms with Crippen LogP contribution in [0.25, 0.3) is 0 Å². The Morgan fingerprint density at radius 1 is 1.03 bits per heavy atom. The number of unbranched alkanes of at least 4 members (excludes halogenated alkanes) is 1. The second-order valence-electron chi connectivity index (χ2n) is 8.79. The van der Waals surface area contributed by atoms with Gasteiger partial charge in [-0.3, -0.25) is 14.4 Å². The van der Waals surface area contributed by atoms with Crippen molar-refractivity contribution < 1.29 is 14.4 Å². The summed E-state index contributed by atoms with van der Waals surface area (Å²) in [6.45, 7) is 3.68. The Labute approximate surface area is 209 Å². The number of nitrogens with one attached hydrogen (secondary N) is 3. The van der Waals surface area contributed by atoms with Crippen LogP contribution in [0.4, 0.5) is 16.5 Å². The molecule has 2 aromatic rings. The average molecular weight is 503 g/mol. The second-order valence-corrected chi connectivity index (χ2v) is 10.6. The highest BCUT2D eigenvalue weighted by Gasteiger charge is 2.26. The highest BCUT2D eigenvalue weighted by Crippen LogP contribution is 2.33. The van der Waals surface area contributed by atoms with Gasteiger partial charge in [-0.2, -0.15) is 0 Å². The molecule has 0 saturated heterocycles. The first-order valence-electron chi connectivity index (χ1n) is 11.9. The van der Waals surface area contributed by atoms with Crippen molar-refractivity contribution in [3.8, 4) is 0 Å². The first kappa shape index (κ1) is 26.2. The van der Waals surface area contributed by atoms with Crippen LogP contribution in [0.15, 0.2) is 29.6 Å². The lowest BCUT2D eigenvalue weighted by molar-refractivity contribution is -0.121. The molecular formula is C25H34N4O3S2. The van der Waals surface area contributed by atoms with Gasteiger partial charge in [-0.05, 0) is 55.9 Å². The first-order valence-corrected chi connectivity index (χ1v) is 14.0. The number of benzene rings is 1. The van der Waals surface area contributed by atoms with E-state index < -0.39 is 0 Å². The molecule has 1 aliphatic rings. The fraction of sp³-hybridized carbons (Fsp3) is 0.520. The summed E-state index contributed by atoms with van der Waals surface area (Å²) in [5.41, 5.74) is 2.23. The average Bonchev–Trinajstić information content (AvgIpc) is 3.26. The fourth-order valence-electron chi connectivity index (χ4n) is 4.13. The zero-order valence-electron chi connectivity index (χ0n) is 19.9. The van der Waals surface area contributed by atoms with Gasteiger partial charge in [0.25, 0.3) is 0 Å². The Morgan fingerprint density at radius 2 is 1.71 bits per heavy atom. The summed E-state index contributed by atoms with van der Waals surface area (Å²) >= 11 is 2.91. The number of hydrogen-bond acceptors (Lipinski definition) is 6. The van der Waals surface area contributed by atoms with Crippen molar-refractivity contribution in [3.05, 3.63) is 35.3 Å². The van der Waals surface area contributed by atoms with Gasteiger partial charge in [0, 0.05) is 35.3 Å². The van der Waals surface area contributed by atoms with Gasteiger partial charge in [-0.15, -0.1) is 23.1 Å². The van der Waals surface area contributed by atoms with Gasteiger partial charge in [0.15, 0.2) is 5.13 Å². The molecule has 0 spiro atoms. The van der Waals surface area contributed by atoms with E-state index in [1.54, 1.807) is 24.3 Å². The molecule has 3 amide bonds. The predicted octanol–water partition coefficient (Wildman–Crippen LogP) is 5.91. The third-order valence-electron chi connectivity index (χ3n) is 5.94. The molecule has 1 saturated carbocycles. The number of anilines is 3. The van der Waals surface area contributed by atoms with Crippen LogP contribution in [0.5, 0.6) is 0 Å². The van der Waals surface area contributed by atoms with E-state index in [4.69, 9.17) is 0 Å². The fourth-order valence-corrected chi connectivity index (χ4v) is 5.67. The van der Waals surface area contributed by atoms with Gasteiger partial charge < -0.3 is 16.0 Å². The number of aromatic nitrogens is 1. The van der Waals surface area contributed by atoms with Crippen LogP contribution in [0.2, 0.25) is 0 Å². The molecule has 3 N–H and O–H groups in total. The maximum atomic E-state index is 12.6. The zero-order chi connectivity index (χ0) is 24.3. The molecule has 1 aromatic heterocycles. The third kappa shape index (κ3) is 8.76. The van der Waals surface area contributed by atoms with Crippen LogP contribution in [-0.4, -0.2) is 28.5 Å². The Bertz CT molecular complexity index is 953. The minimum Gasteiger partial charge on any atom is -0.326 e. The molecule has 0 aliphatic heterocycles. The summed E-state index contributed by atoms with van der Waals surface area (Å²) in [6, 6.07) is 6.99. The zero-order valence-corrected chi connectivity index (χ0v) is 21.5. The molecule has 0 radical (unpaired) electrons. The maximum absolute atomic E-state index is 12.6. The van der Waals surface area contributed by atoms with Gasteiger partial charge in [0.1, 0.15) is 0 Å². The summed E-state index contributed by atoms with van der Waals surface area (Å²) < 4.78 is 0. The maximum Gasteiger partial charge on any atom is 0.234 e. The molecule has 184 valence electrons. The first-order chi connectivity index (χ1) is 16.4. The van der Waals surface area contributed by atoms with Crippen molar-refractivity contribution in [1.82, 2.24) is 4.98 Å². The van der Waals surface area contributed by atoms with Gasteiger partial charge in [-0.25, -0.2) is 4.98 Å². The number of nitrogens with zero attached hydrogens (tertiary/aromatic N) is 1. The van der Waals surface area contributed by atoms with E-state index in [1.165, 1.54) is 49.3 Å². The van der Waals surface area contributed by atoms with Crippen molar-refractivity contribution in [2.45, 2.75) is 64.5 Å². The Kier molecular flexibility index (Phi) is 10.4. The number of rotatable bonds is 11. The summed E-state index contributed by atoms with van der Waals surface area (Å²) in [7, 11) is 0. The number of thiazole rings is 1. The Morgan fingerprint density at radius 3 is 2.35 bits per heavy atom. The van der Waals surface area contributed by atoms with Crippen molar-refractivity contribution in [2.75, 3.05) is 21.7 Å². The molecule has 1 heterocycles. The monoisotopic (exact) mass is 502 g/mol. The number of thioether (sulfide) groups is 1. The highest BCUT2D eigenvalue weighted by atomic mass is 32.2. The molecule has 7 nitrogen and oxygen atoms in total. The molecule has 1 fully saturated rings. The highest BCUT2D eigenvalue weighted by molar-refractivity contribution is 7.99. The number of carbonyl (C=O) groups is 3. The molecular weight excluding hydrogens is 468 g/mol. The van der Waals surface area contributed by atoms with Gasteiger partial charge in [0.2, 0.25) is 17.7 Å². The number of hydrogen-bond donors (Lipinski definition) is 3. The van der Waals surface area contributed by atoms with Crippen LogP contribution < -0.4 is 16.0 Å². The van der Waals surface area contributed by atoms with E-state index in [-0.39, 0.29) is 23.6 Å². The minimum absolute atomic E-state index is 0.0893. The van der Waals surface area contributed by atoms with E-state index in [0.717, 1.165) is 37.3 Å². The van der Waals surface area contributed by atoms with Crippen molar-refractivity contribution in [1.29, 1.82) is 0 Å². The summed E-state index contributed by atoms with van der Waals surface area (Å²) in [6.07, 6.45) is 8.07. The number of amides is 3. The van der Waals surface area contributed by atoms with Gasteiger partial charge in [0.05, 0.1) is 11.4 Å². The molecule has 0 unspecified atom stereocenters. The SMILES string of the molecule is CCCCC1CCC(C(=O)Nc2nc(CSCC(=O)Nc3ccc(NC(C)=O)cc3)cs2)CC1. The van der Waals surface area contributed by atoms with E-state index in [9.17, 15) is 14.4 Å². The molecule has 34 heavy (non-hydrogen) atoms. The largest absolute Gasteiger partial charge is 0.326 e. The third-order valence-corrected chi connectivity index (χ3v) is 7.71. The normalized spacial score (nSPS) is 17.7. The van der Waals surface area contributed by atoms with Gasteiger partial charge in [-0.1, -0.05) is 26.2 Å². The van der Waals surface area contributed by atoms with Gasteiger partial charge >= 0.3 is 0 Å². The molecule has 3 rings (SSSR count). The quantitative estimate of drug-likeness (QED) is 0.355. The van der Waals surface area contributed by atoms with Crippen LogP contribution in [-0.2, 0) is 20.1 Å². The van der Waals surface area contributed by atoms with Crippen LogP contribution >= 0.6 is 23.1 Å². The van der Waals surface area contributed by atoms with Crippen molar-refractivity contribution in [3.63, 3.8) is 0 Å². The van der Waals surface area contributed by atoms with E-state index in [2.05, 4.69) is 27.9 Å². The van der Waals surface area contributed by atoms with Crippen LogP contribution in [0, 0.1) is 11.8 Å². The topological polar surface area (TPSA) is 100 Å². The molecule has 0 bridgehead atoms. The van der Waals surface area contributed by atoms with Crippen LogP contribution in [0.3, 0.4) is 0 Å². The minimum atomic E-state index is -0.136. The summed E-state index contributed by atoms with van der Waals surface area (Å²) in [5, 5.41) is 11.1. The Balaban J connectivity index is 1.35. The number of carbonyl (C=O) groups excluding carboxylic acids is 3. The van der Waals surface area contributed by atoms with Crippen LogP contribution in [0.1, 0.15) is 64.5 Å². The standard InChI is InChI=1S/C25H34N4O3S2/c1-3-4-5-18-6-8-19(9-7-18)24(32)29-25-28-22(15-34-25)14-33-16-23(31)27-21-12-10-20(11-13-21)26-17(2)30/h10-13,15,18-19H,3-9,14,16H2,1-2H3,(H,26,30)(H,27,31)(H,28,29,32). The molecule has 1 aliphatic carbocycles. The smallest absolute Gasteiger partial charge is 0.234 e. The lowest BCUT2D eigenvalue weighted by Crippen LogP contribution is -2.27. The predicted molar refractivity (Wildman–Crippen MR) is 141 cm³/mol. The lowest BCUT2D eigenvalue weighted by atomic mass is 9.79. The Hall–Kier alpha value is -2.39. The molecule has 9 heteroatoms. The van der Waals surface area contributed by atoms with E-state index in [0.29, 0.717) is 28.0 Å². The lowest BCUT2D eigenvalue weighted by Gasteiger charge is -2.27. The second kappa shape index (κ2) is 13.5. The van der Waals surface area contributed by atoms with E-state index in [1.807, 2.05) is 5.38 Å². The van der Waals surface area contributed by atoms with E-state index >= 15 is 0 Å².